The standard InChI is InChI=1S/C30H29N3O5S/c1-3-38-24(34)17-32-23-13-7-6-12-20(23)30(29(32)37)26-25(21(31-30)15-16-39-2)27(35)33(28(26)36)22-14-8-10-18-9-4-5-11-19(18)22/h4-14,21,25-26,31H,3,15-17H2,1-2H3/t21-,25+,26-,30+/m1/s1. The molecule has 9 heteroatoms. The third kappa shape index (κ3) is 3.71. The van der Waals surface area contributed by atoms with Crippen LogP contribution < -0.4 is 15.1 Å². The molecule has 200 valence electrons. The summed E-state index contributed by atoms with van der Waals surface area (Å²) in [5.74, 6) is -2.54. The van der Waals surface area contributed by atoms with Crippen molar-refractivity contribution in [2.24, 2.45) is 11.8 Å². The van der Waals surface area contributed by atoms with Gasteiger partial charge in [0.25, 0.3) is 5.91 Å². The molecule has 1 spiro atoms. The highest BCUT2D eigenvalue weighted by Crippen LogP contribution is 2.55. The molecular formula is C30H29N3O5S. The van der Waals surface area contributed by atoms with Gasteiger partial charge < -0.3 is 4.74 Å². The van der Waals surface area contributed by atoms with E-state index in [-0.39, 0.29) is 19.1 Å². The van der Waals surface area contributed by atoms with E-state index in [0.717, 1.165) is 16.5 Å². The lowest BCUT2D eigenvalue weighted by Gasteiger charge is -2.30. The smallest absolute Gasteiger partial charge is 0.326 e. The summed E-state index contributed by atoms with van der Waals surface area (Å²) in [5.41, 5.74) is 0.236. The van der Waals surface area contributed by atoms with Gasteiger partial charge in [0.05, 0.1) is 24.1 Å². The van der Waals surface area contributed by atoms with Gasteiger partial charge in [-0.2, -0.15) is 11.8 Å². The van der Waals surface area contributed by atoms with Crippen LogP contribution in [0.5, 0.6) is 0 Å². The first-order valence-electron chi connectivity index (χ1n) is 13.1. The third-order valence-corrected chi connectivity index (χ3v) is 8.74. The van der Waals surface area contributed by atoms with E-state index >= 15 is 0 Å². The molecule has 3 aromatic rings. The first-order chi connectivity index (χ1) is 18.9. The number of fused-ring (bicyclic) bond motifs is 5. The molecule has 3 heterocycles. The summed E-state index contributed by atoms with van der Waals surface area (Å²) >= 11 is 1.65. The van der Waals surface area contributed by atoms with Gasteiger partial charge in [-0.05, 0) is 42.9 Å². The molecule has 3 aromatic carbocycles. The number of amides is 3. The van der Waals surface area contributed by atoms with Gasteiger partial charge >= 0.3 is 5.97 Å². The van der Waals surface area contributed by atoms with E-state index in [1.165, 1.54) is 9.80 Å². The lowest BCUT2D eigenvalue weighted by molar-refractivity contribution is -0.142. The molecule has 0 aromatic heterocycles. The van der Waals surface area contributed by atoms with Crippen LogP contribution in [0.3, 0.4) is 0 Å². The number of rotatable bonds is 7. The number of anilines is 2. The van der Waals surface area contributed by atoms with Gasteiger partial charge in [0.2, 0.25) is 11.8 Å². The lowest BCUT2D eigenvalue weighted by Crippen LogP contribution is -2.55. The number of thioether (sulfide) groups is 1. The second-order valence-electron chi connectivity index (χ2n) is 10.1. The summed E-state index contributed by atoms with van der Waals surface area (Å²) in [6, 6.07) is 20.0. The minimum absolute atomic E-state index is 0.195. The van der Waals surface area contributed by atoms with E-state index in [1.54, 1.807) is 36.9 Å². The highest BCUT2D eigenvalue weighted by Gasteiger charge is 2.71. The number of nitrogens with one attached hydrogen (secondary N) is 1. The van der Waals surface area contributed by atoms with Gasteiger partial charge in [-0.3, -0.25) is 29.4 Å². The quantitative estimate of drug-likeness (QED) is 0.360. The van der Waals surface area contributed by atoms with Gasteiger partial charge in [0.15, 0.2) is 0 Å². The average Bonchev–Trinajstić information content (AvgIpc) is 3.51. The average molecular weight is 544 g/mol. The van der Waals surface area contributed by atoms with E-state index in [2.05, 4.69) is 5.32 Å². The topological polar surface area (TPSA) is 96.0 Å². The molecule has 3 amide bonds. The maximum absolute atomic E-state index is 14.4. The van der Waals surface area contributed by atoms with Gasteiger partial charge in [-0.1, -0.05) is 54.6 Å². The molecule has 3 aliphatic heterocycles. The van der Waals surface area contributed by atoms with Crippen molar-refractivity contribution >= 4 is 57.6 Å². The summed E-state index contributed by atoms with van der Waals surface area (Å²) in [6.07, 6.45) is 2.60. The van der Waals surface area contributed by atoms with Gasteiger partial charge in [0.1, 0.15) is 12.1 Å². The summed E-state index contributed by atoms with van der Waals surface area (Å²) in [6.45, 7) is 1.64. The number of esters is 1. The largest absolute Gasteiger partial charge is 0.465 e. The zero-order valence-corrected chi connectivity index (χ0v) is 22.6. The van der Waals surface area contributed by atoms with Crippen molar-refractivity contribution in [3.63, 3.8) is 0 Å². The van der Waals surface area contributed by atoms with E-state index in [1.807, 2.05) is 54.8 Å². The maximum Gasteiger partial charge on any atom is 0.326 e. The molecule has 2 fully saturated rings. The van der Waals surface area contributed by atoms with Crippen LogP contribution in [0.2, 0.25) is 0 Å². The van der Waals surface area contributed by atoms with Gasteiger partial charge in [-0.25, -0.2) is 4.90 Å². The maximum atomic E-state index is 14.4. The Morgan fingerprint density at radius 1 is 0.974 bits per heavy atom. The SMILES string of the molecule is CCOC(=O)CN1C(=O)[C@]2(N[C@H](CCSC)[C@@H]3C(=O)N(c4cccc5ccccc45)C(=O)[C@@H]32)c2ccccc21. The zero-order valence-electron chi connectivity index (χ0n) is 21.8. The van der Waals surface area contributed by atoms with E-state index in [9.17, 15) is 19.2 Å². The van der Waals surface area contributed by atoms with Crippen molar-refractivity contribution in [3.05, 3.63) is 72.3 Å². The normalized spacial score (nSPS) is 25.6. The van der Waals surface area contributed by atoms with Crippen molar-refractivity contribution < 1.29 is 23.9 Å². The Bertz CT molecular complexity index is 1500. The van der Waals surface area contributed by atoms with Crippen LogP contribution in [-0.2, 0) is 29.5 Å². The Morgan fingerprint density at radius 2 is 1.69 bits per heavy atom. The van der Waals surface area contributed by atoms with Crippen molar-refractivity contribution in [1.29, 1.82) is 0 Å². The number of nitrogens with zero attached hydrogens (tertiary/aromatic N) is 2. The van der Waals surface area contributed by atoms with E-state index in [0.29, 0.717) is 23.4 Å². The fraction of sp³-hybridized carbons (Fsp3) is 0.333. The Kier molecular flexibility index (Phi) is 6.43. The summed E-state index contributed by atoms with van der Waals surface area (Å²) in [7, 11) is 0. The molecule has 6 rings (SSSR count). The third-order valence-electron chi connectivity index (χ3n) is 8.10. The minimum Gasteiger partial charge on any atom is -0.465 e. The minimum atomic E-state index is -1.46. The number of ether oxygens (including phenoxy) is 1. The zero-order chi connectivity index (χ0) is 27.3. The molecule has 3 aliphatic rings. The van der Waals surface area contributed by atoms with Crippen LogP contribution in [0, 0.1) is 11.8 Å². The van der Waals surface area contributed by atoms with Crippen molar-refractivity contribution in [2.45, 2.75) is 24.9 Å². The molecule has 0 saturated carbocycles. The monoisotopic (exact) mass is 543 g/mol. The molecule has 0 radical (unpaired) electrons. The van der Waals surface area contributed by atoms with Crippen molar-refractivity contribution in [2.75, 3.05) is 35.0 Å². The Labute approximate surface area is 230 Å². The molecule has 0 bridgehead atoms. The van der Waals surface area contributed by atoms with Gasteiger partial charge in [-0.15, -0.1) is 0 Å². The number of benzene rings is 3. The second kappa shape index (κ2) is 9.81. The molecule has 39 heavy (non-hydrogen) atoms. The summed E-state index contributed by atoms with van der Waals surface area (Å²) in [4.78, 5) is 58.1. The molecule has 4 atom stereocenters. The first kappa shape index (κ1) is 25.6. The summed E-state index contributed by atoms with van der Waals surface area (Å²) < 4.78 is 5.15. The Balaban J connectivity index is 1.50. The summed E-state index contributed by atoms with van der Waals surface area (Å²) in [5, 5.41) is 5.21. The second-order valence-corrected chi connectivity index (χ2v) is 11.1. The predicted molar refractivity (Wildman–Crippen MR) is 150 cm³/mol. The number of para-hydroxylation sites is 1. The number of imide groups is 1. The lowest BCUT2D eigenvalue weighted by atomic mass is 9.76. The number of hydrogen-bond acceptors (Lipinski definition) is 7. The fourth-order valence-corrected chi connectivity index (χ4v) is 7.06. The van der Waals surface area contributed by atoms with Crippen LogP contribution in [0.25, 0.3) is 10.8 Å². The van der Waals surface area contributed by atoms with Crippen molar-refractivity contribution in [1.82, 2.24) is 5.32 Å². The molecule has 1 N–H and O–H groups in total. The number of carbonyl (C=O) groups excluding carboxylic acids is 4. The highest BCUT2D eigenvalue weighted by molar-refractivity contribution is 7.98. The van der Waals surface area contributed by atoms with Crippen LogP contribution in [0.1, 0.15) is 18.9 Å². The van der Waals surface area contributed by atoms with Crippen LogP contribution in [0.4, 0.5) is 11.4 Å². The van der Waals surface area contributed by atoms with Crippen LogP contribution in [-0.4, -0.2) is 54.9 Å². The molecule has 8 nitrogen and oxygen atoms in total. The van der Waals surface area contributed by atoms with Crippen LogP contribution >= 0.6 is 11.8 Å². The van der Waals surface area contributed by atoms with E-state index in [4.69, 9.17) is 4.74 Å². The fourth-order valence-electron chi connectivity index (χ4n) is 6.57. The van der Waals surface area contributed by atoms with Crippen LogP contribution in [0.15, 0.2) is 66.7 Å². The van der Waals surface area contributed by atoms with Crippen molar-refractivity contribution in [3.8, 4) is 0 Å². The van der Waals surface area contributed by atoms with E-state index < -0.39 is 41.2 Å². The number of carbonyl (C=O) groups is 4. The first-order valence-corrected chi connectivity index (χ1v) is 14.5. The van der Waals surface area contributed by atoms with Gasteiger partial charge in [0, 0.05) is 22.7 Å². The Morgan fingerprint density at radius 3 is 2.49 bits per heavy atom. The molecule has 0 aliphatic carbocycles. The highest BCUT2D eigenvalue weighted by atomic mass is 32.2. The molecular weight excluding hydrogens is 514 g/mol. The molecule has 2 saturated heterocycles. The molecule has 0 unspecified atom stereocenters. The predicted octanol–water partition coefficient (Wildman–Crippen LogP) is 3.48. The number of hydrogen-bond donors (Lipinski definition) is 1. The Hall–Kier alpha value is -3.69.